The van der Waals surface area contributed by atoms with E-state index in [1.54, 1.807) is 26.2 Å². The molecule has 33 heavy (non-hydrogen) atoms. The molecule has 1 amide bonds. The van der Waals surface area contributed by atoms with Crippen LogP contribution in [0.2, 0.25) is 0 Å². The molecule has 0 bridgehead atoms. The Labute approximate surface area is 197 Å². The lowest BCUT2D eigenvalue weighted by molar-refractivity contribution is 0.0730. The van der Waals surface area contributed by atoms with Crippen molar-refractivity contribution in [3.8, 4) is 5.75 Å². The number of rotatable bonds is 7. The molecule has 1 heterocycles. The molecule has 2 aromatic rings. The average Bonchev–Trinajstić information content (AvgIpc) is 2.79. The summed E-state index contributed by atoms with van der Waals surface area (Å²) < 4.78 is 38.3. The molecule has 0 saturated carbocycles. The molecule has 1 aliphatic rings. The van der Waals surface area contributed by atoms with Crippen molar-refractivity contribution in [2.24, 2.45) is 0 Å². The summed E-state index contributed by atoms with van der Waals surface area (Å²) in [6, 6.07) is 8.53. The summed E-state index contributed by atoms with van der Waals surface area (Å²) in [5, 5.41) is 3.05. The van der Waals surface area contributed by atoms with Crippen LogP contribution in [0.25, 0.3) is 0 Å². The number of ether oxygens (including phenoxy) is 2. The number of hydrogen-bond acceptors (Lipinski definition) is 5. The molecule has 1 N–H and O–H groups in total. The molecule has 3 rings (SSSR count). The van der Waals surface area contributed by atoms with Crippen LogP contribution in [0.15, 0.2) is 35.2 Å². The van der Waals surface area contributed by atoms with Crippen molar-refractivity contribution < 1.29 is 22.7 Å². The van der Waals surface area contributed by atoms with Crippen molar-refractivity contribution in [1.29, 1.82) is 0 Å². The molecule has 0 aliphatic carbocycles. The van der Waals surface area contributed by atoms with E-state index >= 15 is 0 Å². The Balaban J connectivity index is 1.87. The van der Waals surface area contributed by atoms with Gasteiger partial charge in [0.25, 0.3) is 5.91 Å². The quantitative estimate of drug-likeness (QED) is 0.657. The third-order valence-corrected chi connectivity index (χ3v) is 8.01. The lowest BCUT2D eigenvalue weighted by Crippen LogP contribution is -2.40. The number of nitrogens with one attached hydrogen (secondary N) is 1. The van der Waals surface area contributed by atoms with E-state index in [1.165, 1.54) is 10.4 Å². The second-order valence-electron chi connectivity index (χ2n) is 8.79. The Morgan fingerprint density at radius 3 is 2.30 bits per heavy atom. The number of amides is 1. The van der Waals surface area contributed by atoms with Crippen molar-refractivity contribution in [3.63, 3.8) is 0 Å². The fourth-order valence-electron chi connectivity index (χ4n) is 4.10. The standard InChI is InChI=1S/C25H34N2O5S/c1-16(2)21-15-22(18(4)13-24(21)31-6)19(5)26-25(28)23-14-20(8-7-17(23)3)33(29,30)27-9-11-32-12-10-27/h7-8,13-16,19H,9-12H2,1-6H3,(H,26,28). The smallest absolute Gasteiger partial charge is 0.252 e. The second kappa shape index (κ2) is 10.2. The first kappa shape index (κ1) is 25.2. The number of benzene rings is 2. The predicted molar refractivity (Wildman–Crippen MR) is 128 cm³/mol. The predicted octanol–water partition coefficient (Wildman–Crippen LogP) is 3.95. The molecule has 1 atom stereocenters. The van der Waals surface area contributed by atoms with Crippen LogP contribution in [-0.2, 0) is 14.8 Å². The summed E-state index contributed by atoms with van der Waals surface area (Å²) in [4.78, 5) is 13.3. The minimum atomic E-state index is -3.69. The van der Waals surface area contributed by atoms with Crippen LogP contribution < -0.4 is 10.1 Å². The minimum absolute atomic E-state index is 0.121. The minimum Gasteiger partial charge on any atom is -0.496 e. The number of morpholine rings is 1. The van der Waals surface area contributed by atoms with Gasteiger partial charge in [0.15, 0.2) is 0 Å². The van der Waals surface area contributed by atoms with E-state index in [0.29, 0.717) is 31.9 Å². The van der Waals surface area contributed by atoms with Crippen molar-refractivity contribution in [2.45, 2.75) is 51.5 Å². The van der Waals surface area contributed by atoms with Crippen molar-refractivity contribution in [2.75, 3.05) is 33.4 Å². The van der Waals surface area contributed by atoms with Gasteiger partial charge in [-0.2, -0.15) is 4.31 Å². The number of methoxy groups -OCH3 is 1. The number of carbonyl (C=O) groups is 1. The molecule has 1 aliphatic heterocycles. The van der Waals surface area contributed by atoms with E-state index in [-0.39, 0.29) is 22.8 Å². The van der Waals surface area contributed by atoms with E-state index < -0.39 is 10.0 Å². The van der Waals surface area contributed by atoms with E-state index in [4.69, 9.17) is 9.47 Å². The van der Waals surface area contributed by atoms with Crippen LogP contribution in [0.3, 0.4) is 0 Å². The van der Waals surface area contributed by atoms with Crippen molar-refractivity contribution in [1.82, 2.24) is 9.62 Å². The van der Waals surface area contributed by atoms with Gasteiger partial charge in [0.05, 0.1) is 31.3 Å². The Kier molecular flexibility index (Phi) is 7.82. The summed E-state index contributed by atoms with van der Waals surface area (Å²) >= 11 is 0. The Morgan fingerprint density at radius 1 is 1.03 bits per heavy atom. The van der Waals surface area contributed by atoms with Crippen LogP contribution in [0.4, 0.5) is 0 Å². The fraction of sp³-hybridized carbons (Fsp3) is 0.480. The molecule has 8 heteroatoms. The first-order chi connectivity index (χ1) is 15.6. The lowest BCUT2D eigenvalue weighted by atomic mass is 9.93. The zero-order chi connectivity index (χ0) is 24.3. The summed E-state index contributed by atoms with van der Waals surface area (Å²) in [7, 11) is -2.03. The number of sulfonamides is 1. The SMILES string of the molecule is COc1cc(C)c(C(C)NC(=O)c2cc(S(=O)(=O)N3CCOCC3)ccc2C)cc1C(C)C. The molecule has 2 aromatic carbocycles. The van der Waals surface area contributed by atoms with Crippen molar-refractivity contribution in [3.05, 3.63) is 58.1 Å². The highest BCUT2D eigenvalue weighted by Crippen LogP contribution is 2.32. The summed E-state index contributed by atoms with van der Waals surface area (Å²) in [5.41, 5.74) is 4.17. The van der Waals surface area contributed by atoms with Gasteiger partial charge in [-0.25, -0.2) is 8.42 Å². The zero-order valence-electron chi connectivity index (χ0n) is 20.3. The highest BCUT2D eigenvalue weighted by atomic mass is 32.2. The van der Waals surface area contributed by atoms with Gasteiger partial charge in [0.2, 0.25) is 10.0 Å². The molecular formula is C25H34N2O5S. The van der Waals surface area contributed by atoms with Gasteiger partial charge in [-0.15, -0.1) is 0 Å². The van der Waals surface area contributed by atoms with Gasteiger partial charge in [-0.05, 0) is 73.2 Å². The van der Waals surface area contributed by atoms with E-state index in [2.05, 4.69) is 25.2 Å². The van der Waals surface area contributed by atoms with Gasteiger partial charge < -0.3 is 14.8 Å². The first-order valence-electron chi connectivity index (χ1n) is 11.2. The molecule has 7 nitrogen and oxygen atoms in total. The monoisotopic (exact) mass is 474 g/mol. The average molecular weight is 475 g/mol. The summed E-state index contributed by atoms with van der Waals surface area (Å²) in [6.45, 7) is 11.3. The second-order valence-corrected chi connectivity index (χ2v) is 10.7. The highest BCUT2D eigenvalue weighted by Gasteiger charge is 2.28. The molecule has 0 spiro atoms. The third kappa shape index (κ3) is 5.39. The fourth-order valence-corrected chi connectivity index (χ4v) is 5.54. The maximum absolute atomic E-state index is 13.2. The van der Waals surface area contributed by atoms with Crippen LogP contribution in [0.1, 0.15) is 65.3 Å². The third-order valence-electron chi connectivity index (χ3n) is 6.12. The van der Waals surface area contributed by atoms with Crippen LogP contribution >= 0.6 is 0 Å². The first-order valence-corrected chi connectivity index (χ1v) is 12.7. The molecule has 1 saturated heterocycles. The maximum atomic E-state index is 13.2. The number of aryl methyl sites for hydroxylation is 2. The molecule has 1 fully saturated rings. The Hall–Kier alpha value is -2.42. The van der Waals surface area contributed by atoms with Gasteiger partial charge >= 0.3 is 0 Å². The van der Waals surface area contributed by atoms with Crippen LogP contribution in [-0.4, -0.2) is 52.0 Å². The largest absolute Gasteiger partial charge is 0.496 e. The normalized spacial score (nSPS) is 16.0. The van der Waals surface area contributed by atoms with E-state index in [9.17, 15) is 13.2 Å². The van der Waals surface area contributed by atoms with Gasteiger partial charge in [-0.3, -0.25) is 4.79 Å². The number of hydrogen-bond donors (Lipinski definition) is 1. The molecule has 0 aromatic heterocycles. The number of nitrogens with zero attached hydrogens (tertiary/aromatic N) is 1. The van der Waals surface area contributed by atoms with Crippen LogP contribution in [0.5, 0.6) is 5.75 Å². The summed E-state index contributed by atoms with van der Waals surface area (Å²) in [5.74, 6) is 0.800. The lowest BCUT2D eigenvalue weighted by Gasteiger charge is -2.26. The Morgan fingerprint density at radius 2 is 1.70 bits per heavy atom. The van der Waals surface area contributed by atoms with Gasteiger partial charge in [-0.1, -0.05) is 19.9 Å². The van der Waals surface area contributed by atoms with E-state index in [1.807, 2.05) is 19.9 Å². The van der Waals surface area contributed by atoms with Gasteiger partial charge in [0.1, 0.15) is 5.75 Å². The molecule has 0 radical (unpaired) electrons. The van der Waals surface area contributed by atoms with Crippen LogP contribution in [0, 0.1) is 13.8 Å². The zero-order valence-corrected chi connectivity index (χ0v) is 21.1. The number of carbonyl (C=O) groups excluding carboxylic acids is 1. The highest BCUT2D eigenvalue weighted by molar-refractivity contribution is 7.89. The Bertz CT molecular complexity index is 1120. The summed E-state index contributed by atoms with van der Waals surface area (Å²) in [6.07, 6.45) is 0. The molecular weight excluding hydrogens is 440 g/mol. The van der Waals surface area contributed by atoms with E-state index in [0.717, 1.165) is 28.0 Å². The maximum Gasteiger partial charge on any atom is 0.252 e. The van der Waals surface area contributed by atoms with Crippen molar-refractivity contribution >= 4 is 15.9 Å². The van der Waals surface area contributed by atoms with Gasteiger partial charge in [0, 0.05) is 18.7 Å². The topological polar surface area (TPSA) is 84.9 Å². The molecule has 180 valence electrons. The molecule has 1 unspecified atom stereocenters.